The first kappa shape index (κ1) is 54.5. The fraction of sp³-hybridized carbons (Fsp3) is 0.312. The number of benzene rings is 6. The van der Waals surface area contributed by atoms with Gasteiger partial charge in [0.2, 0.25) is 11.6 Å². The first-order valence-electron chi connectivity index (χ1n) is 26.0. The van der Waals surface area contributed by atoms with Gasteiger partial charge >= 0.3 is 0 Å². The minimum Gasteiger partial charge on any atom is -0.504 e. The Morgan fingerprint density at radius 1 is 0.410 bits per heavy atom. The quantitative estimate of drug-likeness (QED) is 0.0769. The molecule has 6 aromatic carbocycles. The highest BCUT2D eigenvalue weighted by Gasteiger charge is 2.30. The molecule has 10 aromatic rings. The summed E-state index contributed by atoms with van der Waals surface area (Å²) in [4.78, 5) is 0.0789. The largest absolute Gasteiger partial charge is 0.504 e. The van der Waals surface area contributed by atoms with Gasteiger partial charge in [-0.2, -0.15) is 8.78 Å². The summed E-state index contributed by atoms with van der Waals surface area (Å²) in [5.41, 5.74) is 7.32. The molecule has 0 spiro atoms. The zero-order valence-electron chi connectivity index (χ0n) is 45.8. The highest BCUT2D eigenvalue weighted by atomic mass is 32.1. The van der Waals surface area contributed by atoms with Crippen LogP contribution in [0.3, 0.4) is 0 Å². The van der Waals surface area contributed by atoms with E-state index in [2.05, 4.69) is 107 Å². The van der Waals surface area contributed by atoms with Gasteiger partial charge in [0, 0.05) is 43.4 Å². The molecule has 78 heavy (non-hydrogen) atoms. The lowest BCUT2D eigenvalue weighted by atomic mass is 9.85. The van der Waals surface area contributed by atoms with E-state index in [1.807, 2.05) is 57.7 Å². The van der Waals surface area contributed by atoms with E-state index in [0.717, 1.165) is 101 Å². The lowest BCUT2D eigenvalue weighted by molar-refractivity contribution is 0.250. The SMILES string of the molecule is CC(C)(C)c1ccc2c(c1)c1cc(C(C)(C)C)ccc1n2-c1csc(-c2cc(F)c(F)c(F)c2OCCCCOc2c(-c3scc(-n4c5ccc(C(C)(C)C)cc5c5cc(C(C)(C)C)ccc54)c3O)cc(F)c(F)c2F)c1O. The maximum Gasteiger partial charge on any atom is 0.204 e. The van der Waals surface area contributed by atoms with E-state index in [-0.39, 0.29) is 80.1 Å². The molecule has 0 saturated carbocycles. The molecule has 6 nitrogen and oxygen atoms in total. The van der Waals surface area contributed by atoms with Gasteiger partial charge in [-0.15, -0.1) is 22.7 Å². The number of hydrogen-bond acceptors (Lipinski definition) is 6. The molecule has 0 aliphatic rings. The third-order valence-corrected chi connectivity index (χ3v) is 16.7. The van der Waals surface area contributed by atoms with Gasteiger partial charge in [-0.1, -0.05) is 107 Å². The summed E-state index contributed by atoms with van der Waals surface area (Å²) >= 11 is 2.02. The average molecular weight is 1100 g/mol. The van der Waals surface area contributed by atoms with Crippen molar-refractivity contribution in [3.05, 3.63) is 153 Å². The molecule has 0 amide bonds. The Kier molecular flexibility index (Phi) is 13.6. The van der Waals surface area contributed by atoms with E-state index in [9.17, 15) is 10.2 Å². The normalized spacial score (nSPS) is 12.8. The molecule has 2 N–H and O–H groups in total. The molecule has 10 rings (SSSR count). The number of unbranched alkanes of at least 4 members (excludes halogenated alkanes) is 1. The topological polar surface area (TPSA) is 68.8 Å². The first-order chi connectivity index (χ1) is 36.6. The van der Waals surface area contributed by atoms with Crippen molar-refractivity contribution >= 4 is 66.3 Å². The monoisotopic (exact) mass is 1100 g/mol. The zero-order valence-corrected chi connectivity index (χ0v) is 47.4. The number of aromatic hydroxyl groups is 2. The molecule has 0 aliphatic heterocycles. The van der Waals surface area contributed by atoms with Gasteiger partial charge in [-0.05, 0) is 117 Å². The first-order valence-corrected chi connectivity index (χ1v) is 27.7. The second kappa shape index (κ2) is 19.5. The molecule has 0 unspecified atom stereocenters. The summed E-state index contributed by atoms with van der Waals surface area (Å²) in [7, 11) is 0. The summed E-state index contributed by atoms with van der Waals surface area (Å²) in [6.45, 7) is 25.1. The summed E-state index contributed by atoms with van der Waals surface area (Å²) < 4.78 is 108. The highest BCUT2D eigenvalue weighted by Crippen LogP contribution is 2.51. The summed E-state index contributed by atoms with van der Waals surface area (Å²) in [6.07, 6.45) is 0.176. The minimum absolute atomic E-state index is 0.0394. The molecular weight excluding hydrogens is 1040 g/mol. The van der Waals surface area contributed by atoms with Crippen molar-refractivity contribution in [3.8, 4) is 55.3 Å². The Bertz CT molecular complexity index is 3620. The molecule has 4 aromatic heterocycles. The van der Waals surface area contributed by atoms with E-state index in [4.69, 9.17) is 9.47 Å². The molecular formula is C64H62F6N2O4S2. The number of nitrogens with zero attached hydrogens (tertiary/aromatic N) is 2. The number of aromatic nitrogens is 2. The van der Waals surface area contributed by atoms with E-state index in [0.29, 0.717) is 11.4 Å². The Morgan fingerprint density at radius 3 is 0.962 bits per heavy atom. The Balaban J connectivity index is 0.919. The number of halogens is 6. The standard InChI is InChI=1S/C64H62F6N2O4S2/c1-61(2,3)33-15-19-45-37(25-33)38-26-34(62(4,5)6)16-20-46(38)71(45)49-31-77-59(55(49)73)41-29-43(65)51(67)53(69)57(41)75-23-13-14-24-76-58-42(30-44(66)52(68)54(58)70)60-56(74)50(32-78-60)72-47-21-17-35(63(7,8)9)27-39(47)40-28-36(64(10,11)12)18-22-48(40)72/h15-22,25-32,73-74H,13-14,23-24H2,1-12H3. The number of fused-ring (bicyclic) bond motifs is 6. The maximum atomic E-state index is 15.8. The van der Waals surface area contributed by atoms with Crippen LogP contribution in [0.25, 0.3) is 75.9 Å². The van der Waals surface area contributed by atoms with E-state index < -0.39 is 46.4 Å². The summed E-state index contributed by atoms with van der Waals surface area (Å²) in [5.74, 6) is -11.5. The van der Waals surface area contributed by atoms with Crippen molar-refractivity contribution in [2.75, 3.05) is 13.2 Å². The van der Waals surface area contributed by atoms with Crippen LogP contribution >= 0.6 is 22.7 Å². The van der Waals surface area contributed by atoms with Crippen LogP contribution in [0.5, 0.6) is 23.0 Å². The van der Waals surface area contributed by atoms with Crippen molar-refractivity contribution in [1.29, 1.82) is 0 Å². The number of ether oxygens (including phenoxy) is 2. The van der Waals surface area contributed by atoms with Crippen LogP contribution in [0, 0.1) is 34.9 Å². The fourth-order valence-electron chi connectivity index (χ4n) is 10.1. The molecule has 0 bridgehead atoms. The van der Waals surface area contributed by atoms with Crippen molar-refractivity contribution < 1.29 is 46.0 Å². The number of hydrogen-bond donors (Lipinski definition) is 2. The van der Waals surface area contributed by atoms with Gasteiger partial charge < -0.3 is 28.8 Å². The van der Waals surface area contributed by atoms with Crippen molar-refractivity contribution in [2.45, 2.75) is 118 Å². The molecule has 0 saturated heterocycles. The lowest BCUT2D eigenvalue weighted by Gasteiger charge is -2.19. The smallest absolute Gasteiger partial charge is 0.204 e. The van der Waals surface area contributed by atoms with Crippen LogP contribution in [-0.4, -0.2) is 32.6 Å². The van der Waals surface area contributed by atoms with Crippen molar-refractivity contribution in [3.63, 3.8) is 0 Å². The van der Waals surface area contributed by atoms with Gasteiger partial charge in [0.1, 0.15) is 0 Å². The zero-order chi connectivity index (χ0) is 56.3. The third kappa shape index (κ3) is 9.46. The number of rotatable bonds is 11. The molecule has 4 heterocycles. The molecule has 0 aliphatic carbocycles. The third-order valence-electron chi connectivity index (χ3n) is 14.7. The van der Waals surface area contributed by atoms with Crippen molar-refractivity contribution in [1.82, 2.24) is 9.13 Å². The predicted octanol–water partition coefficient (Wildman–Crippen LogP) is 19.0. The highest BCUT2D eigenvalue weighted by molar-refractivity contribution is 7.14. The average Bonchev–Trinajstić information content (AvgIpc) is 4.18. The second-order valence-electron chi connectivity index (χ2n) is 24.3. The second-order valence-corrected chi connectivity index (χ2v) is 26.1. The van der Waals surface area contributed by atoms with E-state index >= 15 is 26.3 Å². The van der Waals surface area contributed by atoms with E-state index in [1.54, 1.807) is 10.8 Å². The maximum absolute atomic E-state index is 15.8. The van der Waals surface area contributed by atoms with Crippen LogP contribution < -0.4 is 9.47 Å². The fourth-order valence-corrected chi connectivity index (χ4v) is 12.0. The Labute approximate surface area is 458 Å². The predicted molar refractivity (Wildman–Crippen MR) is 306 cm³/mol. The van der Waals surface area contributed by atoms with Gasteiger partial charge in [0.15, 0.2) is 46.3 Å². The van der Waals surface area contributed by atoms with Crippen molar-refractivity contribution in [2.24, 2.45) is 0 Å². The van der Waals surface area contributed by atoms with Crippen LogP contribution in [-0.2, 0) is 21.7 Å². The molecule has 14 heteroatoms. The summed E-state index contributed by atoms with van der Waals surface area (Å²) in [5, 5.41) is 31.3. The van der Waals surface area contributed by atoms with Crippen LogP contribution in [0.15, 0.2) is 95.7 Å². The Morgan fingerprint density at radius 2 is 0.692 bits per heavy atom. The van der Waals surface area contributed by atoms with Gasteiger partial charge in [0.05, 0.1) is 56.4 Å². The minimum atomic E-state index is -1.76. The Hall–Kier alpha value is -6.90. The molecule has 0 atom stereocenters. The van der Waals surface area contributed by atoms with Crippen LogP contribution in [0.2, 0.25) is 0 Å². The lowest BCUT2D eigenvalue weighted by Crippen LogP contribution is -2.10. The molecule has 406 valence electrons. The van der Waals surface area contributed by atoms with Crippen LogP contribution in [0.1, 0.15) is 118 Å². The number of thiophene rings is 2. The van der Waals surface area contributed by atoms with E-state index in [1.165, 1.54) is 0 Å². The van der Waals surface area contributed by atoms with Gasteiger partial charge in [0.25, 0.3) is 0 Å². The van der Waals surface area contributed by atoms with Gasteiger partial charge in [-0.25, -0.2) is 17.6 Å². The molecule has 0 fully saturated rings. The van der Waals surface area contributed by atoms with Crippen LogP contribution in [0.4, 0.5) is 26.3 Å². The van der Waals surface area contributed by atoms with Gasteiger partial charge in [-0.3, -0.25) is 0 Å². The molecule has 0 radical (unpaired) electrons. The summed E-state index contributed by atoms with van der Waals surface area (Å²) in [6, 6.07) is 26.4.